The van der Waals surface area contributed by atoms with Crippen LogP contribution in [-0.2, 0) is 16.1 Å². The first kappa shape index (κ1) is 22.6. The second-order valence-corrected chi connectivity index (χ2v) is 9.01. The molecule has 1 N–H and O–H groups in total. The number of carbonyl (C=O) groups excluding carboxylic acids is 2. The number of hydrogen-bond donors (Lipinski definition) is 1. The van der Waals surface area contributed by atoms with E-state index in [2.05, 4.69) is 27.9 Å². The summed E-state index contributed by atoms with van der Waals surface area (Å²) in [4.78, 5) is 27.6. The fraction of sp³-hybridized carbons (Fsp3) is 0.417. The topological polar surface area (TPSA) is 58.6 Å². The predicted octanol–water partition coefficient (Wildman–Crippen LogP) is 4.54. The van der Waals surface area contributed by atoms with Gasteiger partial charge in [0, 0.05) is 16.2 Å². The Kier molecular flexibility index (Phi) is 8.54. The molecule has 2 aromatic carbocycles. The molecule has 0 radical (unpaired) electrons. The van der Waals surface area contributed by atoms with Gasteiger partial charge in [0.05, 0.1) is 0 Å². The molecule has 1 aliphatic carbocycles. The lowest BCUT2D eigenvalue weighted by Gasteiger charge is -2.31. The van der Waals surface area contributed by atoms with Crippen LogP contribution in [-0.4, -0.2) is 35.4 Å². The molecular weight excluding hydrogens is 491 g/mol. The van der Waals surface area contributed by atoms with Crippen molar-refractivity contribution in [1.29, 1.82) is 0 Å². The molecule has 0 aromatic heterocycles. The Bertz CT molecular complexity index is 820. The van der Waals surface area contributed by atoms with Crippen molar-refractivity contribution in [3.8, 4) is 5.75 Å². The monoisotopic (exact) mass is 520 g/mol. The van der Waals surface area contributed by atoms with Gasteiger partial charge in [-0.05, 0) is 72.2 Å². The van der Waals surface area contributed by atoms with Crippen molar-refractivity contribution in [1.82, 2.24) is 10.2 Å². The molecule has 0 aliphatic heterocycles. The summed E-state index contributed by atoms with van der Waals surface area (Å²) in [7, 11) is 0. The molecule has 3 rings (SSSR count). The molecule has 0 saturated heterocycles. The fourth-order valence-corrected chi connectivity index (χ4v) is 4.05. The largest absolute Gasteiger partial charge is 0.484 e. The van der Waals surface area contributed by atoms with Crippen molar-refractivity contribution in [2.75, 3.05) is 6.61 Å². The molecular formula is C24H29IN2O3. The molecule has 0 bridgehead atoms. The van der Waals surface area contributed by atoms with Crippen LogP contribution in [0.15, 0.2) is 54.6 Å². The summed E-state index contributed by atoms with van der Waals surface area (Å²) in [5.41, 5.74) is 0.984. The van der Waals surface area contributed by atoms with Gasteiger partial charge in [0.2, 0.25) is 5.91 Å². The van der Waals surface area contributed by atoms with Crippen LogP contribution >= 0.6 is 22.6 Å². The van der Waals surface area contributed by atoms with E-state index in [0.29, 0.717) is 12.3 Å². The van der Waals surface area contributed by atoms with E-state index >= 15 is 0 Å². The third-order valence-electron chi connectivity index (χ3n) is 5.49. The molecule has 6 heteroatoms. The van der Waals surface area contributed by atoms with Crippen molar-refractivity contribution in [2.45, 2.75) is 57.7 Å². The van der Waals surface area contributed by atoms with Crippen molar-refractivity contribution in [3.63, 3.8) is 0 Å². The molecule has 1 atom stereocenters. The fourth-order valence-electron chi connectivity index (χ4n) is 3.69. The van der Waals surface area contributed by atoms with Crippen LogP contribution in [0.1, 0.15) is 44.6 Å². The molecule has 30 heavy (non-hydrogen) atoms. The highest BCUT2D eigenvalue weighted by Gasteiger charge is 2.28. The van der Waals surface area contributed by atoms with E-state index in [0.717, 1.165) is 34.8 Å². The summed E-state index contributed by atoms with van der Waals surface area (Å²) < 4.78 is 6.80. The Morgan fingerprint density at radius 2 is 1.73 bits per heavy atom. The first-order valence-corrected chi connectivity index (χ1v) is 11.6. The van der Waals surface area contributed by atoms with E-state index in [1.54, 1.807) is 11.8 Å². The number of nitrogens with one attached hydrogen (secondary N) is 1. The van der Waals surface area contributed by atoms with Gasteiger partial charge in [-0.1, -0.05) is 49.6 Å². The average Bonchev–Trinajstić information content (AvgIpc) is 2.78. The van der Waals surface area contributed by atoms with Gasteiger partial charge in [-0.25, -0.2) is 0 Å². The van der Waals surface area contributed by atoms with Gasteiger partial charge in [-0.3, -0.25) is 9.59 Å². The Morgan fingerprint density at radius 3 is 2.40 bits per heavy atom. The van der Waals surface area contributed by atoms with Gasteiger partial charge in [0.25, 0.3) is 5.91 Å². The summed E-state index contributed by atoms with van der Waals surface area (Å²) in [6.07, 6.45) is 5.56. The number of ether oxygens (including phenoxy) is 1. The maximum absolute atomic E-state index is 13.0. The van der Waals surface area contributed by atoms with E-state index in [1.165, 1.54) is 6.42 Å². The summed E-state index contributed by atoms with van der Waals surface area (Å²) in [6, 6.07) is 16.9. The van der Waals surface area contributed by atoms with Crippen molar-refractivity contribution >= 4 is 34.4 Å². The molecule has 1 fully saturated rings. The van der Waals surface area contributed by atoms with E-state index in [-0.39, 0.29) is 24.5 Å². The number of hydrogen-bond acceptors (Lipinski definition) is 3. The minimum Gasteiger partial charge on any atom is -0.484 e. The highest BCUT2D eigenvalue weighted by atomic mass is 127. The number of halogens is 1. The van der Waals surface area contributed by atoms with Crippen molar-refractivity contribution in [2.24, 2.45) is 0 Å². The summed E-state index contributed by atoms with van der Waals surface area (Å²) in [6.45, 7) is 2.06. The quantitative estimate of drug-likeness (QED) is 0.521. The highest BCUT2D eigenvalue weighted by molar-refractivity contribution is 14.1. The van der Waals surface area contributed by atoms with E-state index < -0.39 is 6.04 Å². The predicted molar refractivity (Wildman–Crippen MR) is 126 cm³/mol. The van der Waals surface area contributed by atoms with Crippen LogP contribution in [0.3, 0.4) is 0 Å². The molecule has 5 nitrogen and oxygen atoms in total. The lowest BCUT2D eigenvalue weighted by Crippen LogP contribution is -2.51. The molecule has 0 heterocycles. The van der Waals surface area contributed by atoms with Crippen molar-refractivity contribution in [3.05, 3.63) is 63.7 Å². The van der Waals surface area contributed by atoms with Crippen LogP contribution in [0.5, 0.6) is 5.75 Å². The zero-order chi connectivity index (χ0) is 21.3. The van der Waals surface area contributed by atoms with Crippen LogP contribution in [0.4, 0.5) is 0 Å². The third-order valence-corrected chi connectivity index (χ3v) is 6.21. The Morgan fingerprint density at radius 1 is 1.07 bits per heavy atom. The van der Waals surface area contributed by atoms with Crippen LogP contribution < -0.4 is 10.1 Å². The number of amides is 2. The van der Waals surface area contributed by atoms with Gasteiger partial charge in [0.15, 0.2) is 6.61 Å². The molecule has 1 saturated carbocycles. The van der Waals surface area contributed by atoms with Crippen LogP contribution in [0, 0.1) is 3.57 Å². The average molecular weight is 520 g/mol. The summed E-state index contributed by atoms with van der Waals surface area (Å²) in [5.74, 6) is 0.340. The minimum absolute atomic E-state index is 0.0968. The van der Waals surface area contributed by atoms with Gasteiger partial charge in [-0.2, -0.15) is 0 Å². The molecule has 160 valence electrons. The highest BCUT2D eigenvalue weighted by Crippen LogP contribution is 2.19. The first-order chi connectivity index (χ1) is 14.5. The van der Waals surface area contributed by atoms with E-state index in [1.807, 2.05) is 54.6 Å². The summed E-state index contributed by atoms with van der Waals surface area (Å²) in [5, 5.41) is 3.15. The molecule has 0 spiro atoms. The van der Waals surface area contributed by atoms with E-state index in [4.69, 9.17) is 4.74 Å². The molecule has 2 amide bonds. The Balaban J connectivity index is 1.67. The maximum atomic E-state index is 13.0. The second-order valence-electron chi connectivity index (χ2n) is 7.77. The van der Waals surface area contributed by atoms with Gasteiger partial charge in [-0.15, -0.1) is 0 Å². The lowest BCUT2D eigenvalue weighted by atomic mass is 9.95. The van der Waals surface area contributed by atoms with Crippen molar-refractivity contribution < 1.29 is 14.3 Å². The second kappa shape index (κ2) is 11.3. The maximum Gasteiger partial charge on any atom is 0.261 e. The Labute approximate surface area is 192 Å². The van der Waals surface area contributed by atoms with Gasteiger partial charge < -0.3 is 15.0 Å². The number of carbonyl (C=O) groups is 2. The zero-order valence-electron chi connectivity index (χ0n) is 17.4. The third kappa shape index (κ3) is 6.72. The zero-order valence-corrected chi connectivity index (χ0v) is 19.5. The SMILES string of the molecule is C[C@@H](C(=O)NC1CCCCC1)N(Cc1ccccc1)C(=O)COc1ccc(I)cc1. The number of rotatable bonds is 8. The molecule has 0 unspecified atom stereocenters. The van der Waals surface area contributed by atoms with Gasteiger partial charge in [0.1, 0.15) is 11.8 Å². The van der Waals surface area contributed by atoms with Crippen LogP contribution in [0.2, 0.25) is 0 Å². The first-order valence-electron chi connectivity index (χ1n) is 10.5. The molecule has 2 aromatic rings. The van der Waals surface area contributed by atoms with Gasteiger partial charge >= 0.3 is 0 Å². The standard InChI is InChI=1S/C24H29IN2O3/c1-18(24(29)26-21-10-6-3-7-11-21)27(16-19-8-4-2-5-9-19)23(28)17-30-22-14-12-20(25)13-15-22/h2,4-5,8-9,12-15,18,21H,3,6-7,10-11,16-17H2,1H3,(H,26,29)/t18-/m0/s1. The normalized spacial score (nSPS) is 15.3. The smallest absolute Gasteiger partial charge is 0.261 e. The van der Waals surface area contributed by atoms with E-state index in [9.17, 15) is 9.59 Å². The van der Waals surface area contributed by atoms with Crippen LogP contribution in [0.25, 0.3) is 0 Å². The lowest BCUT2D eigenvalue weighted by molar-refractivity contribution is -0.142. The number of benzene rings is 2. The number of nitrogens with zero attached hydrogens (tertiary/aromatic N) is 1. The molecule has 1 aliphatic rings. The summed E-state index contributed by atoms with van der Waals surface area (Å²) >= 11 is 2.22. The minimum atomic E-state index is -0.569. The Hall–Kier alpha value is -2.09.